The summed E-state index contributed by atoms with van der Waals surface area (Å²) in [5.74, 6) is -0.808. The van der Waals surface area contributed by atoms with Crippen LogP contribution in [0.25, 0.3) is 0 Å². The molecule has 3 rings (SSSR count). The van der Waals surface area contributed by atoms with Crippen LogP contribution in [-0.2, 0) is 12.8 Å². The lowest BCUT2D eigenvalue weighted by Gasteiger charge is -2.18. The summed E-state index contributed by atoms with van der Waals surface area (Å²) in [5, 5.41) is 8.88. The van der Waals surface area contributed by atoms with Gasteiger partial charge in [-0.25, -0.2) is 4.79 Å². The number of hydrogen-bond donors (Lipinski definition) is 1. The van der Waals surface area contributed by atoms with E-state index >= 15 is 0 Å². The predicted molar refractivity (Wildman–Crippen MR) is 82.0 cm³/mol. The summed E-state index contributed by atoms with van der Waals surface area (Å²) in [6.07, 6.45) is 1.42. The van der Waals surface area contributed by atoms with Crippen molar-refractivity contribution in [1.29, 1.82) is 0 Å². The summed E-state index contributed by atoms with van der Waals surface area (Å²) in [6.45, 7) is 1.09. The molecule has 23 heavy (non-hydrogen) atoms. The fraction of sp³-hybridized carbons (Fsp3) is 0.294. The number of carboxylic acid groups (broad SMARTS) is 1. The van der Waals surface area contributed by atoms with E-state index in [9.17, 15) is 9.59 Å². The van der Waals surface area contributed by atoms with Crippen molar-refractivity contribution in [2.75, 3.05) is 20.2 Å². The highest BCUT2D eigenvalue weighted by Crippen LogP contribution is 2.26. The van der Waals surface area contributed by atoms with E-state index in [1.165, 1.54) is 17.7 Å². The van der Waals surface area contributed by atoms with Gasteiger partial charge in [0.1, 0.15) is 5.75 Å². The number of methoxy groups -OCH3 is 1. The van der Waals surface area contributed by atoms with Crippen molar-refractivity contribution < 1.29 is 23.8 Å². The molecule has 1 aromatic carbocycles. The Balaban J connectivity index is 1.78. The molecule has 0 aliphatic carbocycles. The second kappa shape index (κ2) is 6.16. The Morgan fingerprint density at radius 1 is 1.13 bits per heavy atom. The molecule has 0 spiro atoms. The number of amides is 1. The van der Waals surface area contributed by atoms with E-state index in [-0.39, 0.29) is 17.4 Å². The molecule has 0 fully saturated rings. The van der Waals surface area contributed by atoms with Crippen LogP contribution >= 0.6 is 0 Å². The first-order valence-corrected chi connectivity index (χ1v) is 7.37. The maximum atomic E-state index is 12.5. The lowest BCUT2D eigenvalue weighted by Crippen LogP contribution is -2.33. The number of ether oxygens (including phenoxy) is 1. The standard InChI is InChI=1S/C17H17NO5/c1-22-13-4-2-3-11-7-9-18(10-8-12(11)13)16(19)14-5-6-15(23-14)17(20)21/h2-6H,7-10H2,1H3,(H,20,21). The third-order valence-electron chi connectivity index (χ3n) is 4.05. The molecule has 6 heteroatoms. The highest BCUT2D eigenvalue weighted by atomic mass is 16.5. The topological polar surface area (TPSA) is 80.0 Å². The molecule has 6 nitrogen and oxygen atoms in total. The van der Waals surface area contributed by atoms with Crippen molar-refractivity contribution in [1.82, 2.24) is 4.90 Å². The Hall–Kier alpha value is -2.76. The summed E-state index contributed by atoms with van der Waals surface area (Å²) in [4.78, 5) is 25.0. The molecule has 1 aromatic heterocycles. The van der Waals surface area contributed by atoms with Gasteiger partial charge >= 0.3 is 5.97 Å². The maximum absolute atomic E-state index is 12.5. The molecule has 1 N–H and O–H groups in total. The Kier molecular flexibility index (Phi) is 4.06. The van der Waals surface area contributed by atoms with Crippen LogP contribution in [0.1, 0.15) is 32.2 Å². The number of carbonyl (C=O) groups is 2. The Morgan fingerprint density at radius 2 is 1.87 bits per heavy atom. The largest absolute Gasteiger partial charge is 0.496 e. The molecular formula is C17H17NO5. The van der Waals surface area contributed by atoms with Crippen LogP contribution in [0.2, 0.25) is 0 Å². The van der Waals surface area contributed by atoms with Gasteiger partial charge < -0.3 is 19.2 Å². The van der Waals surface area contributed by atoms with Gasteiger partial charge in [0.2, 0.25) is 5.76 Å². The van der Waals surface area contributed by atoms with E-state index in [2.05, 4.69) is 0 Å². The fourth-order valence-corrected chi connectivity index (χ4v) is 2.86. The van der Waals surface area contributed by atoms with E-state index in [4.69, 9.17) is 14.3 Å². The minimum absolute atomic E-state index is 0.0559. The zero-order valence-corrected chi connectivity index (χ0v) is 12.7. The SMILES string of the molecule is COc1cccc2c1CCN(C(=O)c1ccc(C(=O)O)o1)CC2. The van der Waals surface area contributed by atoms with Crippen molar-refractivity contribution in [3.63, 3.8) is 0 Å². The van der Waals surface area contributed by atoms with E-state index in [1.54, 1.807) is 12.0 Å². The lowest BCUT2D eigenvalue weighted by molar-refractivity contribution is 0.0650. The molecule has 1 aliphatic heterocycles. The second-order valence-electron chi connectivity index (χ2n) is 5.36. The predicted octanol–water partition coefficient (Wildman–Crippen LogP) is 2.23. The van der Waals surface area contributed by atoms with Crippen LogP contribution in [0, 0.1) is 0 Å². The number of benzene rings is 1. The first-order chi connectivity index (χ1) is 11.1. The molecule has 0 radical (unpaired) electrons. The third kappa shape index (κ3) is 2.92. The van der Waals surface area contributed by atoms with Gasteiger partial charge in [-0.2, -0.15) is 0 Å². The Morgan fingerprint density at radius 3 is 2.57 bits per heavy atom. The highest BCUT2D eigenvalue weighted by Gasteiger charge is 2.24. The van der Waals surface area contributed by atoms with E-state index in [0.717, 1.165) is 17.7 Å². The van der Waals surface area contributed by atoms with Gasteiger partial charge in [-0.15, -0.1) is 0 Å². The first-order valence-electron chi connectivity index (χ1n) is 7.37. The first kappa shape index (κ1) is 15.1. The fourth-order valence-electron chi connectivity index (χ4n) is 2.86. The summed E-state index contributed by atoms with van der Waals surface area (Å²) in [7, 11) is 1.64. The van der Waals surface area contributed by atoms with Gasteiger partial charge in [0.05, 0.1) is 7.11 Å². The zero-order valence-electron chi connectivity index (χ0n) is 12.7. The van der Waals surface area contributed by atoms with E-state index in [1.807, 2.05) is 18.2 Å². The minimum Gasteiger partial charge on any atom is -0.496 e. The van der Waals surface area contributed by atoms with Crippen LogP contribution in [0.15, 0.2) is 34.7 Å². The number of nitrogens with zero attached hydrogens (tertiary/aromatic N) is 1. The number of fused-ring (bicyclic) bond motifs is 1. The Labute approximate surface area is 133 Å². The lowest BCUT2D eigenvalue weighted by atomic mass is 10.0. The van der Waals surface area contributed by atoms with Crippen molar-refractivity contribution in [2.24, 2.45) is 0 Å². The molecule has 0 unspecified atom stereocenters. The summed E-state index contributed by atoms with van der Waals surface area (Å²) in [5.41, 5.74) is 2.29. The molecular weight excluding hydrogens is 298 g/mol. The number of carboxylic acids is 1. The number of hydrogen-bond acceptors (Lipinski definition) is 4. The van der Waals surface area contributed by atoms with Crippen molar-refractivity contribution >= 4 is 11.9 Å². The Bertz CT molecular complexity index is 749. The molecule has 2 heterocycles. The summed E-state index contributed by atoms with van der Waals surface area (Å²) in [6, 6.07) is 8.61. The molecule has 1 aliphatic rings. The van der Waals surface area contributed by atoms with Crippen molar-refractivity contribution in [3.8, 4) is 5.75 Å². The smallest absolute Gasteiger partial charge is 0.371 e. The summed E-state index contributed by atoms with van der Waals surface area (Å²) < 4.78 is 10.5. The van der Waals surface area contributed by atoms with Crippen LogP contribution in [0.3, 0.4) is 0 Å². The van der Waals surface area contributed by atoms with Crippen molar-refractivity contribution in [2.45, 2.75) is 12.8 Å². The number of aromatic carboxylic acids is 1. The average molecular weight is 315 g/mol. The summed E-state index contributed by atoms with van der Waals surface area (Å²) >= 11 is 0. The molecule has 1 amide bonds. The third-order valence-corrected chi connectivity index (χ3v) is 4.05. The van der Waals surface area contributed by atoms with Crippen LogP contribution < -0.4 is 4.74 Å². The quantitative estimate of drug-likeness (QED) is 0.939. The monoisotopic (exact) mass is 315 g/mol. The van der Waals surface area contributed by atoms with Crippen LogP contribution in [-0.4, -0.2) is 42.1 Å². The van der Waals surface area contributed by atoms with Gasteiger partial charge in [0.25, 0.3) is 5.91 Å². The second-order valence-corrected chi connectivity index (χ2v) is 5.36. The minimum atomic E-state index is -1.18. The zero-order chi connectivity index (χ0) is 16.4. The maximum Gasteiger partial charge on any atom is 0.371 e. The molecule has 0 atom stereocenters. The number of rotatable bonds is 3. The van der Waals surface area contributed by atoms with Gasteiger partial charge in [-0.1, -0.05) is 12.1 Å². The van der Waals surface area contributed by atoms with Gasteiger partial charge in [-0.05, 0) is 42.2 Å². The average Bonchev–Trinajstić information content (AvgIpc) is 2.95. The highest BCUT2D eigenvalue weighted by molar-refractivity contribution is 5.93. The molecule has 0 bridgehead atoms. The van der Waals surface area contributed by atoms with Crippen LogP contribution in [0.4, 0.5) is 0 Å². The van der Waals surface area contributed by atoms with Crippen molar-refractivity contribution in [3.05, 3.63) is 53.0 Å². The molecule has 120 valence electrons. The molecule has 0 saturated carbocycles. The number of carbonyl (C=O) groups excluding carboxylic acids is 1. The van der Waals surface area contributed by atoms with Crippen LogP contribution in [0.5, 0.6) is 5.75 Å². The molecule has 2 aromatic rings. The van der Waals surface area contributed by atoms with E-state index < -0.39 is 5.97 Å². The van der Waals surface area contributed by atoms with E-state index in [0.29, 0.717) is 19.5 Å². The van der Waals surface area contributed by atoms with Gasteiger partial charge in [-0.3, -0.25) is 4.79 Å². The van der Waals surface area contributed by atoms with Gasteiger partial charge in [0.15, 0.2) is 5.76 Å². The normalized spacial score (nSPS) is 14.0. The van der Waals surface area contributed by atoms with Gasteiger partial charge in [0, 0.05) is 13.1 Å². The molecule has 0 saturated heterocycles. The number of furan rings is 1.